The third-order valence-corrected chi connectivity index (χ3v) is 5.64. The Hall–Kier alpha value is -2.63. The van der Waals surface area contributed by atoms with E-state index in [4.69, 9.17) is 18.9 Å². The molecule has 0 bridgehead atoms. The summed E-state index contributed by atoms with van der Waals surface area (Å²) in [7, 11) is 4.26. The SMILES string of the molecule is COC(=O)[C@H](CCCC(OC)OC)NC(=O)[C@H](CCSC(C)=O)NC(=O)OCc1ccccc1. The molecule has 10 nitrogen and oxygen atoms in total. The van der Waals surface area contributed by atoms with Crippen molar-refractivity contribution in [2.75, 3.05) is 27.1 Å². The molecule has 0 aliphatic rings. The van der Waals surface area contributed by atoms with Crippen molar-refractivity contribution < 1.29 is 38.1 Å². The molecule has 190 valence electrons. The average Bonchev–Trinajstić information content (AvgIpc) is 2.83. The van der Waals surface area contributed by atoms with Gasteiger partial charge in [0.2, 0.25) is 5.91 Å². The number of rotatable bonds is 15. The summed E-state index contributed by atoms with van der Waals surface area (Å²) in [6, 6.07) is 7.17. The number of methoxy groups -OCH3 is 3. The van der Waals surface area contributed by atoms with Gasteiger partial charge in [-0.3, -0.25) is 9.59 Å². The van der Waals surface area contributed by atoms with Crippen LogP contribution in [0.2, 0.25) is 0 Å². The lowest BCUT2D eigenvalue weighted by molar-refractivity contribution is -0.145. The van der Waals surface area contributed by atoms with Crippen molar-refractivity contribution in [3.63, 3.8) is 0 Å². The Morgan fingerprint density at radius 1 is 0.912 bits per heavy atom. The van der Waals surface area contributed by atoms with Crippen LogP contribution in [0.1, 0.15) is 38.2 Å². The number of ether oxygens (including phenoxy) is 4. The summed E-state index contributed by atoms with van der Waals surface area (Å²) in [5.41, 5.74) is 0.793. The lowest BCUT2D eigenvalue weighted by Crippen LogP contribution is -2.52. The van der Waals surface area contributed by atoms with Gasteiger partial charge in [-0.2, -0.15) is 0 Å². The number of carbonyl (C=O) groups is 4. The van der Waals surface area contributed by atoms with Crippen LogP contribution >= 0.6 is 11.8 Å². The molecule has 1 rings (SSSR count). The second-order valence-electron chi connectivity index (χ2n) is 7.30. The van der Waals surface area contributed by atoms with E-state index in [0.717, 1.165) is 17.3 Å². The van der Waals surface area contributed by atoms with Crippen LogP contribution in [0.5, 0.6) is 0 Å². The number of thioether (sulfide) groups is 1. The molecule has 0 saturated carbocycles. The van der Waals surface area contributed by atoms with E-state index in [1.54, 1.807) is 12.1 Å². The standard InChI is InChI=1S/C23H34N2O8S/c1-16(26)34-14-13-18(25-23(29)33-15-17-9-6-5-7-10-17)21(27)24-19(22(28)32-4)11-8-12-20(30-2)31-3/h5-7,9-10,18-20H,8,11-15H2,1-4H3,(H,24,27)(H,25,29)/t18-,19-/m0/s1. The maximum absolute atomic E-state index is 12.9. The molecule has 11 heteroatoms. The van der Waals surface area contributed by atoms with Crippen molar-refractivity contribution in [1.29, 1.82) is 0 Å². The van der Waals surface area contributed by atoms with Crippen molar-refractivity contribution in [1.82, 2.24) is 10.6 Å². The molecule has 2 atom stereocenters. The van der Waals surface area contributed by atoms with Gasteiger partial charge >= 0.3 is 12.1 Å². The normalized spacial score (nSPS) is 12.5. The van der Waals surface area contributed by atoms with Gasteiger partial charge in [0.15, 0.2) is 11.4 Å². The Morgan fingerprint density at radius 3 is 2.18 bits per heavy atom. The first kappa shape index (κ1) is 29.4. The average molecular weight is 499 g/mol. The molecule has 2 amide bonds. The summed E-state index contributed by atoms with van der Waals surface area (Å²) in [5.74, 6) is -0.881. The van der Waals surface area contributed by atoms with Crippen LogP contribution < -0.4 is 10.6 Å². The van der Waals surface area contributed by atoms with E-state index in [-0.39, 0.29) is 24.6 Å². The van der Waals surface area contributed by atoms with Crippen molar-refractivity contribution in [3.8, 4) is 0 Å². The van der Waals surface area contributed by atoms with Crippen molar-refractivity contribution >= 4 is 34.8 Å². The zero-order valence-corrected chi connectivity index (χ0v) is 20.9. The van der Waals surface area contributed by atoms with E-state index in [1.165, 1.54) is 28.3 Å². The maximum Gasteiger partial charge on any atom is 0.408 e. The molecule has 0 spiro atoms. The predicted octanol–water partition coefficient (Wildman–Crippen LogP) is 2.40. The van der Waals surface area contributed by atoms with Gasteiger partial charge in [0, 0.05) is 26.9 Å². The Morgan fingerprint density at radius 2 is 1.59 bits per heavy atom. The van der Waals surface area contributed by atoms with Crippen LogP contribution in [0, 0.1) is 0 Å². The number of nitrogens with one attached hydrogen (secondary N) is 2. The number of hydrogen-bond donors (Lipinski definition) is 2. The highest BCUT2D eigenvalue weighted by molar-refractivity contribution is 8.13. The fraction of sp³-hybridized carbons (Fsp3) is 0.565. The fourth-order valence-corrected chi connectivity index (χ4v) is 3.62. The van der Waals surface area contributed by atoms with Gasteiger partial charge in [0.1, 0.15) is 18.7 Å². The first-order chi connectivity index (χ1) is 16.3. The third kappa shape index (κ3) is 12.0. The van der Waals surface area contributed by atoms with Gasteiger partial charge in [0.05, 0.1) is 7.11 Å². The van der Waals surface area contributed by atoms with Gasteiger partial charge in [-0.15, -0.1) is 0 Å². The van der Waals surface area contributed by atoms with Crippen LogP contribution in [0.4, 0.5) is 4.79 Å². The second-order valence-corrected chi connectivity index (χ2v) is 8.58. The lowest BCUT2D eigenvalue weighted by Gasteiger charge is -2.22. The Balaban J connectivity index is 2.76. The number of esters is 1. The highest BCUT2D eigenvalue weighted by Gasteiger charge is 2.28. The van der Waals surface area contributed by atoms with Gasteiger partial charge in [-0.05, 0) is 31.2 Å². The van der Waals surface area contributed by atoms with Crippen molar-refractivity contribution in [3.05, 3.63) is 35.9 Å². The number of hydrogen-bond acceptors (Lipinski definition) is 9. The van der Waals surface area contributed by atoms with Gasteiger partial charge in [-0.1, -0.05) is 42.1 Å². The summed E-state index contributed by atoms with van der Waals surface area (Å²) in [6.07, 6.45) is 0.276. The smallest absolute Gasteiger partial charge is 0.408 e. The molecule has 0 saturated heterocycles. The number of amides is 2. The van der Waals surface area contributed by atoms with Gasteiger partial charge in [-0.25, -0.2) is 9.59 Å². The molecule has 0 unspecified atom stereocenters. The van der Waals surface area contributed by atoms with Crippen LogP contribution in [-0.2, 0) is 39.9 Å². The molecule has 2 N–H and O–H groups in total. The molecule has 1 aromatic carbocycles. The van der Waals surface area contributed by atoms with Crippen LogP contribution in [-0.4, -0.2) is 68.5 Å². The second kappa shape index (κ2) is 16.9. The first-order valence-electron chi connectivity index (χ1n) is 10.8. The fourth-order valence-electron chi connectivity index (χ4n) is 2.98. The van der Waals surface area contributed by atoms with E-state index < -0.39 is 36.3 Å². The molecule has 0 radical (unpaired) electrons. The molecule has 0 heterocycles. The van der Waals surface area contributed by atoms with Gasteiger partial charge in [0.25, 0.3) is 0 Å². The zero-order chi connectivity index (χ0) is 25.3. The number of carbonyl (C=O) groups excluding carboxylic acids is 4. The monoisotopic (exact) mass is 498 g/mol. The molecule has 0 aromatic heterocycles. The molecule has 1 aromatic rings. The largest absolute Gasteiger partial charge is 0.467 e. The van der Waals surface area contributed by atoms with Gasteiger partial charge < -0.3 is 29.6 Å². The Kier molecular flexibility index (Phi) is 14.6. The minimum Gasteiger partial charge on any atom is -0.467 e. The van der Waals surface area contributed by atoms with Crippen molar-refractivity contribution in [2.45, 2.75) is 57.6 Å². The molecule has 0 fully saturated rings. The van der Waals surface area contributed by atoms with E-state index in [2.05, 4.69) is 10.6 Å². The summed E-state index contributed by atoms with van der Waals surface area (Å²) in [4.78, 5) is 48.7. The molecule has 0 aliphatic carbocycles. The molecular weight excluding hydrogens is 464 g/mol. The predicted molar refractivity (Wildman–Crippen MR) is 127 cm³/mol. The summed E-state index contributed by atoms with van der Waals surface area (Å²) in [6.45, 7) is 1.45. The first-order valence-corrected chi connectivity index (χ1v) is 11.8. The minimum absolute atomic E-state index is 0.0359. The van der Waals surface area contributed by atoms with E-state index in [0.29, 0.717) is 18.6 Å². The minimum atomic E-state index is -1.01. The number of benzene rings is 1. The highest BCUT2D eigenvalue weighted by Crippen LogP contribution is 2.11. The van der Waals surface area contributed by atoms with E-state index >= 15 is 0 Å². The maximum atomic E-state index is 12.9. The summed E-state index contributed by atoms with van der Waals surface area (Å²) < 4.78 is 20.3. The van der Waals surface area contributed by atoms with E-state index in [9.17, 15) is 19.2 Å². The third-order valence-electron chi connectivity index (χ3n) is 4.79. The highest BCUT2D eigenvalue weighted by atomic mass is 32.2. The van der Waals surface area contributed by atoms with Crippen LogP contribution in [0.25, 0.3) is 0 Å². The van der Waals surface area contributed by atoms with E-state index in [1.807, 2.05) is 18.2 Å². The Labute approximate surface area is 204 Å². The summed E-state index contributed by atoms with van der Waals surface area (Å²) in [5, 5.41) is 5.05. The molecular formula is C23H34N2O8S. The Bertz CT molecular complexity index is 773. The topological polar surface area (TPSA) is 129 Å². The summed E-state index contributed by atoms with van der Waals surface area (Å²) >= 11 is 1.04. The molecule has 34 heavy (non-hydrogen) atoms. The number of alkyl carbamates (subject to hydrolysis) is 1. The van der Waals surface area contributed by atoms with Crippen LogP contribution in [0.3, 0.4) is 0 Å². The zero-order valence-electron chi connectivity index (χ0n) is 20.0. The lowest BCUT2D eigenvalue weighted by atomic mass is 10.1. The van der Waals surface area contributed by atoms with Crippen molar-refractivity contribution in [2.24, 2.45) is 0 Å². The molecule has 0 aliphatic heterocycles. The quantitative estimate of drug-likeness (QED) is 0.277. The van der Waals surface area contributed by atoms with Crippen LogP contribution in [0.15, 0.2) is 30.3 Å².